The maximum absolute atomic E-state index is 13.4. The van der Waals surface area contributed by atoms with E-state index in [1.54, 1.807) is 12.1 Å². The van der Waals surface area contributed by atoms with Crippen molar-refractivity contribution in [2.24, 2.45) is 0 Å². The molecule has 0 unspecified atom stereocenters. The van der Waals surface area contributed by atoms with Crippen LogP contribution in [0.15, 0.2) is 22.7 Å². The monoisotopic (exact) mass is 314 g/mol. The number of piperidine rings is 1. The van der Waals surface area contributed by atoms with E-state index in [1.807, 2.05) is 6.07 Å². The van der Waals surface area contributed by atoms with Crippen LogP contribution in [-0.4, -0.2) is 30.6 Å². The van der Waals surface area contributed by atoms with Gasteiger partial charge in [-0.3, -0.25) is 0 Å². The maximum Gasteiger partial charge on any atom is 0.137 e. The molecule has 100 valence electrons. The number of nitrogens with one attached hydrogen (secondary N) is 1. The molecule has 2 nitrogen and oxygen atoms in total. The van der Waals surface area contributed by atoms with Crippen molar-refractivity contribution in [3.05, 3.63) is 34.1 Å². The first-order chi connectivity index (χ1) is 8.69. The van der Waals surface area contributed by atoms with Crippen molar-refractivity contribution in [1.82, 2.24) is 10.2 Å². The molecule has 0 aliphatic carbocycles. The van der Waals surface area contributed by atoms with Crippen molar-refractivity contribution >= 4 is 15.9 Å². The lowest BCUT2D eigenvalue weighted by atomic mass is 10.0. The van der Waals surface area contributed by atoms with E-state index in [0.717, 1.165) is 18.7 Å². The van der Waals surface area contributed by atoms with Crippen LogP contribution in [-0.2, 0) is 6.54 Å². The fourth-order valence-corrected chi connectivity index (χ4v) is 2.61. The third kappa shape index (κ3) is 3.77. The van der Waals surface area contributed by atoms with E-state index in [9.17, 15) is 4.39 Å². The lowest BCUT2D eigenvalue weighted by Crippen LogP contribution is -2.42. The van der Waals surface area contributed by atoms with Crippen molar-refractivity contribution < 1.29 is 4.39 Å². The lowest BCUT2D eigenvalue weighted by molar-refractivity contribution is 0.206. The van der Waals surface area contributed by atoms with Crippen LogP contribution in [0.4, 0.5) is 4.39 Å². The Morgan fingerprint density at radius 1 is 1.39 bits per heavy atom. The predicted octanol–water partition coefficient (Wildman–Crippen LogP) is 3.16. The van der Waals surface area contributed by atoms with E-state index in [1.165, 1.54) is 25.9 Å². The number of hydrogen-bond acceptors (Lipinski definition) is 2. The Morgan fingerprint density at radius 3 is 2.72 bits per heavy atom. The second-order valence-corrected chi connectivity index (χ2v) is 5.69. The van der Waals surface area contributed by atoms with Crippen LogP contribution in [0.5, 0.6) is 0 Å². The molecule has 0 radical (unpaired) electrons. The summed E-state index contributed by atoms with van der Waals surface area (Å²) in [5, 5.41) is 3.52. The van der Waals surface area contributed by atoms with Crippen molar-refractivity contribution in [2.75, 3.05) is 19.6 Å². The summed E-state index contributed by atoms with van der Waals surface area (Å²) in [6.07, 6.45) is 2.37. The zero-order chi connectivity index (χ0) is 13.0. The van der Waals surface area contributed by atoms with E-state index in [4.69, 9.17) is 0 Å². The quantitative estimate of drug-likeness (QED) is 0.918. The molecule has 0 saturated carbocycles. The van der Waals surface area contributed by atoms with Gasteiger partial charge in [-0.15, -0.1) is 0 Å². The zero-order valence-electron chi connectivity index (χ0n) is 10.8. The van der Waals surface area contributed by atoms with E-state index in [0.29, 0.717) is 10.5 Å². The van der Waals surface area contributed by atoms with Crippen LogP contribution < -0.4 is 5.32 Å². The minimum Gasteiger partial charge on any atom is -0.310 e. The first kappa shape index (κ1) is 14.0. The highest BCUT2D eigenvalue weighted by Crippen LogP contribution is 2.17. The Hall–Kier alpha value is -0.450. The highest BCUT2D eigenvalue weighted by molar-refractivity contribution is 9.10. The van der Waals surface area contributed by atoms with Crippen LogP contribution in [0.1, 0.15) is 25.3 Å². The molecule has 0 spiro atoms. The van der Waals surface area contributed by atoms with Gasteiger partial charge in [0.2, 0.25) is 0 Å². The molecule has 4 heteroatoms. The molecule has 0 atom stereocenters. The Kier molecular flexibility index (Phi) is 5.15. The topological polar surface area (TPSA) is 15.3 Å². The summed E-state index contributed by atoms with van der Waals surface area (Å²) < 4.78 is 13.9. The average molecular weight is 315 g/mol. The number of hydrogen-bond donors (Lipinski definition) is 1. The molecular weight excluding hydrogens is 295 g/mol. The molecule has 1 fully saturated rings. The van der Waals surface area contributed by atoms with Crippen LogP contribution >= 0.6 is 15.9 Å². The Bertz CT molecular complexity index is 389. The largest absolute Gasteiger partial charge is 0.310 e. The van der Waals surface area contributed by atoms with E-state index >= 15 is 0 Å². The number of benzene rings is 1. The summed E-state index contributed by atoms with van der Waals surface area (Å²) in [5.74, 6) is -0.185. The van der Waals surface area contributed by atoms with Crippen LogP contribution in [0, 0.1) is 5.82 Å². The third-order valence-corrected chi connectivity index (χ3v) is 4.26. The van der Waals surface area contributed by atoms with Gasteiger partial charge < -0.3 is 10.2 Å². The van der Waals surface area contributed by atoms with Crippen LogP contribution in [0.3, 0.4) is 0 Å². The van der Waals surface area contributed by atoms with Gasteiger partial charge in [-0.1, -0.05) is 13.0 Å². The van der Waals surface area contributed by atoms with Gasteiger partial charge in [-0.25, -0.2) is 4.39 Å². The summed E-state index contributed by atoms with van der Waals surface area (Å²) in [4.78, 5) is 2.47. The summed E-state index contributed by atoms with van der Waals surface area (Å²) in [5.41, 5.74) is 1.01. The average Bonchev–Trinajstić information content (AvgIpc) is 2.41. The Balaban J connectivity index is 1.79. The highest BCUT2D eigenvalue weighted by atomic mass is 79.9. The molecule has 1 aromatic rings. The van der Waals surface area contributed by atoms with Gasteiger partial charge >= 0.3 is 0 Å². The number of nitrogens with zero attached hydrogens (tertiary/aromatic N) is 1. The smallest absolute Gasteiger partial charge is 0.137 e. The van der Waals surface area contributed by atoms with Crippen LogP contribution in [0.25, 0.3) is 0 Å². The van der Waals surface area contributed by atoms with Gasteiger partial charge in [0.05, 0.1) is 4.47 Å². The molecule has 1 heterocycles. The predicted molar refractivity (Wildman–Crippen MR) is 76.1 cm³/mol. The van der Waals surface area contributed by atoms with E-state index in [2.05, 4.69) is 33.1 Å². The maximum atomic E-state index is 13.4. The molecule has 1 aliphatic heterocycles. The summed E-state index contributed by atoms with van der Waals surface area (Å²) in [7, 11) is 0. The van der Waals surface area contributed by atoms with Gasteiger partial charge in [0, 0.05) is 12.6 Å². The Morgan fingerprint density at radius 2 is 2.11 bits per heavy atom. The second-order valence-electron chi connectivity index (χ2n) is 4.84. The molecule has 1 saturated heterocycles. The minimum absolute atomic E-state index is 0.185. The zero-order valence-corrected chi connectivity index (χ0v) is 12.3. The van der Waals surface area contributed by atoms with E-state index in [-0.39, 0.29) is 5.82 Å². The summed E-state index contributed by atoms with van der Waals surface area (Å²) in [6, 6.07) is 5.89. The molecule has 18 heavy (non-hydrogen) atoms. The van der Waals surface area contributed by atoms with Gasteiger partial charge in [0.25, 0.3) is 0 Å². The summed E-state index contributed by atoms with van der Waals surface area (Å²) in [6.45, 7) is 6.44. The lowest BCUT2D eigenvalue weighted by Gasteiger charge is -2.31. The molecule has 1 aliphatic rings. The molecule has 0 bridgehead atoms. The molecule has 0 aromatic heterocycles. The SMILES string of the molecule is CCN1CCC(NCc2ccc(Br)c(F)c2)CC1. The fraction of sp³-hybridized carbons (Fsp3) is 0.571. The molecule has 2 rings (SSSR count). The van der Waals surface area contributed by atoms with Crippen molar-refractivity contribution in [3.63, 3.8) is 0 Å². The van der Waals surface area contributed by atoms with Gasteiger partial charge in [-0.05, 0) is 66.1 Å². The van der Waals surface area contributed by atoms with Crippen molar-refractivity contribution in [2.45, 2.75) is 32.4 Å². The highest BCUT2D eigenvalue weighted by Gasteiger charge is 2.17. The first-order valence-electron chi connectivity index (χ1n) is 6.58. The van der Waals surface area contributed by atoms with Crippen molar-refractivity contribution in [3.8, 4) is 0 Å². The Labute approximate surface area is 117 Å². The number of likely N-dealkylation sites (tertiary alicyclic amines) is 1. The standard InChI is InChI=1S/C14H20BrFN2/c1-2-18-7-5-12(6-8-18)17-10-11-3-4-13(15)14(16)9-11/h3-4,9,12,17H,2,5-8,10H2,1H3. The van der Waals surface area contributed by atoms with Gasteiger partial charge in [0.15, 0.2) is 0 Å². The van der Waals surface area contributed by atoms with Gasteiger partial charge in [0.1, 0.15) is 5.82 Å². The molecular formula is C14H20BrFN2. The number of halogens is 2. The molecule has 1 aromatic carbocycles. The minimum atomic E-state index is -0.185. The van der Waals surface area contributed by atoms with E-state index < -0.39 is 0 Å². The van der Waals surface area contributed by atoms with Gasteiger partial charge in [-0.2, -0.15) is 0 Å². The normalized spacial score (nSPS) is 18.2. The fourth-order valence-electron chi connectivity index (χ4n) is 2.37. The molecule has 1 N–H and O–H groups in total. The first-order valence-corrected chi connectivity index (χ1v) is 7.38. The van der Waals surface area contributed by atoms with Crippen molar-refractivity contribution in [1.29, 1.82) is 0 Å². The molecule has 0 amide bonds. The second kappa shape index (κ2) is 6.64. The third-order valence-electron chi connectivity index (χ3n) is 3.61. The van der Waals surface area contributed by atoms with Crippen LogP contribution in [0.2, 0.25) is 0 Å². The summed E-state index contributed by atoms with van der Waals surface area (Å²) >= 11 is 3.17. The number of rotatable bonds is 4.